The van der Waals surface area contributed by atoms with Crippen molar-refractivity contribution < 1.29 is 13.5 Å². The monoisotopic (exact) mass is 428 g/mol. The molecule has 1 N–H and O–H groups in total. The molecule has 7 nitrogen and oxygen atoms in total. The molecule has 0 spiro atoms. The Kier molecular flexibility index (Phi) is 6.15. The number of ether oxygens (including phenoxy) is 1. The molecule has 1 aliphatic heterocycles. The van der Waals surface area contributed by atoms with E-state index in [4.69, 9.17) is 4.74 Å². The van der Waals surface area contributed by atoms with Crippen LogP contribution >= 0.6 is 0 Å². The molecule has 9 heteroatoms. The van der Waals surface area contributed by atoms with Crippen LogP contribution in [0.1, 0.15) is 5.56 Å². The molecule has 2 aromatic carbocycles. The van der Waals surface area contributed by atoms with E-state index >= 15 is 0 Å². The van der Waals surface area contributed by atoms with Crippen molar-refractivity contribution in [3.63, 3.8) is 0 Å². The third kappa shape index (κ3) is 5.36. The number of aromatic nitrogens is 3. The van der Waals surface area contributed by atoms with Gasteiger partial charge in [0.1, 0.15) is 18.0 Å². The highest BCUT2D eigenvalue weighted by Gasteiger charge is 2.21. The highest BCUT2D eigenvalue weighted by Crippen LogP contribution is 2.26. The van der Waals surface area contributed by atoms with Crippen LogP contribution in [0.25, 0.3) is 5.69 Å². The predicted octanol–water partition coefficient (Wildman–Crippen LogP) is 3.36. The minimum atomic E-state index is -0.665. The summed E-state index contributed by atoms with van der Waals surface area (Å²) in [5.41, 5.74) is 3.31. The summed E-state index contributed by atoms with van der Waals surface area (Å²) in [7, 11) is 4.09. The first-order chi connectivity index (χ1) is 14.9. The number of anilines is 3. The zero-order valence-electron chi connectivity index (χ0n) is 17.8. The highest BCUT2D eigenvalue weighted by molar-refractivity contribution is 5.64. The molecule has 3 aromatic rings. The quantitative estimate of drug-likeness (QED) is 0.650. The number of hydrogen-bond acceptors (Lipinski definition) is 6. The van der Waals surface area contributed by atoms with Crippen molar-refractivity contribution in [3.8, 4) is 5.69 Å². The fourth-order valence-corrected chi connectivity index (χ4v) is 3.73. The summed E-state index contributed by atoms with van der Waals surface area (Å²) in [6.45, 7) is 5.23. The van der Waals surface area contributed by atoms with Crippen LogP contribution in [0.15, 0.2) is 42.7 Å². The van der Waals surface area contributed by atoms with Gasteiger partial charge >= 0.3 is 0 Å². The van der Waals surface area contributed by atoms with E-state index in [0.29, 0.717) is 12.6 Å². The second-order valence-electron chi connectivity index (χ2n) is 8.02. The van der Waals surface area contributed by atoms with Crippen LogP contribution in [0.3, 0.4) is 0 Å². The van der Waals surface area contributed by atoms with Crippen LogP contribution in [0.2, 0.25) is 0 Å². The van der Waals surface area contributed by atoms with Crippen LogP contribution in [0.5, 0.6) is 0 Å². The molecular weight excluding hydrogens is 402 g/mol. The lowest BCUT2D eigenvalue weighted by atomic mass is 10.1. The van der Waals surface area contributed by atoms with E-state index in [1.54, 1.807) is 0 Å². The molecule has 4 rings (SSSR count). The third-order valence-electron chi connectivity index (χ3n) is 4.99. The van der Waals surface area contributed by atoms with Gasteiger partial charge in [-0.3, -0.25) is 0 Å². The summed E-state index contributed by atoms with van der Waals surface area (Å²) in [6.07, 6.45) is 1.57. The van der Waals surface area contributed by atoms with E-state index in [-0.39, 0.29) is 11.8 Å². The molecule has 1 atom stereocenters. The molecule has 1 aliphatic rings. The van der Waals surface area contributed by atoms with Crippen molar-refractivity contribution in [3.05, 3.63) is 59.9 Å². The van der Waals surface area contributed by atoms with E-state index in [1.807, 2.05) is 33.2 Å². The number of rotatable bonds is 6. The smallest absolute Gasteiger partial charge is 0.246 e. The van der Waals surface area contributed by atoms with Crippen LogP contribution < -0.4 is 10.2 Å². The fraction of sp³-hybridized carbons (Fsp3) is 0.364. The van der Waals surface area contributed by atoms with Gasteiger partial charge in [-0.05, 0) is 56.9 Å². The van der Waals surface area contributed by atoms with Crippen LogP contribution in [-0.4, -0.2) is 66.1 Å². The fourth-order valence-electron chi connectivity index (χ4n) is 3.73. The summed E-state index contributed by atoms with van der Waals surface area (Å²) in [5, 5.41) is 7.49. The van der Waals surface area contributed by atoms with Crippen molar-refractivity contribution in [2.24, 2.45) is 0 Å². The second-order valence-corrected chi connectivity index (χ2v) is 8.02. The molecule has 164 valence electrons. The first kappa shape index (κ1) is 21.2. The lowest BCUT2D eigenvalue weighted by Gasteiger charge is -2.36. The van der Waals surface area contributed by atoms with Crippen molar-refractivity contribution in [1.82, 2.24) is 19.7 Å². The van der Waals surface area contributed by atoms with Gasteiger partial charge in [-0.2, -0.15) is 4.98 Å². The van der Waals surface area contributed by atoms with E-state index in [1.165, 1.54) is 23.1 Å². The summed E-state index contributed by atoms with van der Waals surface area (Å²) >= 11 is 0. The van der Waals surface area contributed by atoms with Crippen LogP contribution in [-0.2, 0) is 4.74 Å². The molecule has 31 heavy (non-hydrogen) atoms. The Bertz CT molecular complexity index is 1030. The standard InChI is InChI=1S/C22H26F2N6O/c1-15-6-18(11-19(7-15)29-4-5-31-21(13-29)12-28(2)3)26-22-25-14-30(27-22)20-9-16(23)8-17(24)10-20/h6-11,14,21H,4-5,12-13H2,1-3H3,(H,26,27). The lowest BCUT2D eigenvalue weighted by Crippen LogP contribution is -2.46. The molecule has 0 saturated carbocycles. The maximum atomic E-state index is 13.5. The van der Waals surface area contributed by atoms with Crippen molar-refractivity contribution in [1.29, 1.82) is 0 Å². The molecule has 1 fully saturated rings. The topological polar surface area (TPSA) is 58.5 Å². The molecule has 1 saturated heterocycles. The number of nitrogens with zero attached hydrogens (tertiary/aromatic N) is 5. The van der Waals surface area contributed by atoms with Gasteiger partial charge in [0.2, 0.25) is 5.95 Å². The predicted molar refractivity (Wildman–Crippen MR) is 116 cm³/mol. The molecule has 0 aliphatic carbocycles. The highest BCUT2D eigenvalue weighted by atomic mass is 19.1. The van der Waals surface area contributed by atoms with Crippen LogP contribution in [0.4, 0.5) is 26.1 Å². The number of morpholine rings is 1. The Labute approximate surface area is 180 Å². The van der Waals surface area contributed by atoms with Gasteiger partial charge in [0.05, 0.1) is 18.4 Å². The Morgan fingerprint density at radius 2 is 1.87 bits per heavy atom. The van der Waals surface area contributed by atoms with E-state index < -0.39 is 11.6 Å². The SMILES string of the molecule is Cc1cc(Nc2ncn(-c3cc(F)cc(F)c3)n2)cc(N2CCOC(CN(C)C)C2)c1. The first-order valence-electron chi connectivity index (χ1n) is 10.1. The van der Waals surface area contributed by atoms with Gasteiger partial charge in [-0.15, -0.1) is 5.10 Å². The average Bonchev–Trinajstić information content (AvgIpc) is 3.15. The summed E-state index contributed by atoms with van der Waals surface area (Å²) < 4.78 is 34.2. The molecular formula is C22H26F2N6O. The minimum Gasteiger partial charge on any atom is -0.373 e. The average molecular weight is 428 g/mol. The molecule has 1 unspecified atom stereocenters. The second kappa shape index (κ2) is 8.99. The lowest BCUT2D eigenvalue weighted by molar-refractivity contribution is 0.0248. The van der Waals surface area contributed by atoms with Crippen molar-refractivity contribution in [2.75, 3.05) is 50.6 Å². The molecule has 1 aromatic heterocycles. The van der Waals surface area contributed by atoms with Crippen molar-refractivity contribution in [2.45, 2.75) is 13.0 Å². The van der Waals surface area contributed by atoms with Gasteiger partial charge in [-0.25, -0.2) is 13.5 Å². The van der Waals surface area contributed by atoms with E-state index in [0.717, 1.165) is 42.6 Å². The Morgan fingerprint density at radius 3 is 2.61 bits per heavy atom. The summed E-state index contributed by atoms with van der Waals surface area (Å²) in [4.78, 5) is 8.67. The Hall–Kier alpha value is -3.04. The number of nitrogens with one attached hydrogen (secondary N) is 1. The van der Waals surface area contributed by atoms with Gasteiger partial charge in [0, 0.05) is 37.1 Å². The maximum Gasteiger partial charge on any atom is 0.246 e. The Balaban J connectivity index is 1.51. The van der Waals surface area contributed by atoms with E-state index in [2.05, 4.69) is 31.3 Å². The van der Waals surface area contributed by atoms with Gasteiger partial charge in [0.15, 0.2) is 0 Å². The van der Waals surface area contributed by atoms with Gasteiger partial charge in [-0.1, -0.05) is 0 Å². The minimum absolute atomic E-state index is 0.157. The largest absolute Gasteiger partial charge is 0.373 e. The summed E-state index contributed by atoms with van der Waals surface area (Å²) in [5.74, 6) is -0.989. The third-order valence-corrected chi connectivity index (χ3v) is 4.99. The number of halogens is 2. The normalized spacial score (nSPS) is 16.7. The molecule has 0 radical (unpaired) electrons. The number of benzene rings is 2. The number of likely N-dealkylation sites (N-methyl/N-ethyl adjacent to an activating group) is 1. The summed E-state index contributed by atoms with van der Waals surface area (Å²) in [6, 6.07) is 9.43. The molecule has 0 amide bonds. The Morgan fingerprint density at radius 1 is 1.10 bits per heavy atom. The zero-order chi connectivity index (χ0) is 22.0. The number of hydrogen-bond donors (Lipinski definition) is 1. The first-order valence-corrected chi connectivity index (χ1v) is 10.1. The molecule has 0 bridgehead atoms. The van der Waals surface area contributed by atoms with Crippen LogP contribution in [0, 0.1) is 18.6 Å². The van der Waals surface area contributed by atoms with Gasteiger partial charge < -0.3 is 19.9 Å². The van der Waals surface area contributed by atoms with Crippen molar-refractivity contribution >= 4 is 17.3 Å². The van der Waals surface area contributed by atoms with Gasteiger partial charge in [0.25, 0.3) is 0 Å². The maximum absolute atomic E-state index is 13.5. The van der Waals surface area contributed by atoms with E-state index in [9.17, 15) is 8.78 Å². The number of aryl methyl sites for hydroxylation is 1. The zero-order valence-corrected chi connectivity index (χ0v) is 17.8. The molecule has 2 heterocycles.